The maximum atomic E-state index is 14.5. The minimum absolute atomic E-state index is 0.0715. The number of aliphatic hydroxyl groups excluding tert-OH is 1. The molecule has 2 bridgehead atoms. The summed E-state index contributed by atoms with van der Waals surface area (Å²) in [5.74, 6) is -3.05. The third-order valence-corrected chi connectivity index (χ3v) is 8.94. The Labute approximate surface area is 299 Å². The average molecular weight is 711 g/mol. The Bertz CT molecular complexity index is 1610. The van der Waals surface area contributed by atoms with Gasteiger partial charge in [-0.2, -0.15) is 0 Å². The molecular formula is C38H51FN4O8. The zero-order valence-corrected chi connectivity index (χ0v) is 30.6. The number of carbonyl (C=O) groups is 4. The Balaban J connectivity index is 2.24. The zero-order chi connectivity index (χ0) is 38.0. The molecule has 5 N–H and O–H groups in total. The number of nitrogens with two attached hydrogens (primary N) is 1. The Morgan fingerprint density at radius 3 is 2.33 bits per heavy atom. The van der Waals surface area contributed by atoms with Crippen LogP contribution in [0.4, 0.5) is 9.18 Å². The highest BCUT2D eigenvalue weighted by Gasteiger charge is 2.38. The van der Waals surface area contributed by atoms with Crippen molar-refractivity contribution in [2.45, 2.75) is 65.0 Å². The number of primary amides is 1. The number of rotatable bonds is 8. The lowest BCUT2D eigenvalue weighted by Crippen LogP contribution is -2.40. The number of nitrogens with one attached hydrogen (secondary N) is 2. The van der Waals surface area contributed by atoms with E-state index < -0.39 is 59.7 Å². The van der Waals surface area contributed by atoms with Gasteiger partial charge in [0, 0.05) is 44.4 Å². The Kier molecular flexibility index (Phi) is 15.0. The van der Waals surface area contributed by atoms with E-state index in [1.807, 2.05) is 25.9 Å². The lowest BCUT2D eigenvalue weighted by molar-refractivity contribution is -0.120. The van der Waals surface area contributed by atoms with Crippen LogP contribution in [0.1, 0.15) is 46.1 Å². The molecule has 13 heteroatoms. The second-order valence-electron chi connectivity index (χ2n) is 13.3. The van der Waals surface area contributed by atoms with Gasteiger partial charge in [-0.15, -0.1) is 0 Å². The Hall–Kier alpha value is -4.43. The van der Waals surface area contributed by atoms with Crippen LogP contribution in [0.3, 0.4) is 0 Å². The molecule has 1 aromatic rings. The van der Waals surface area contributed by atoms with Crippen LogP contribution in [-0.2, 0) is 28.6 Å². The van der Waals surface area contributed by atoms with Gasteiger partial charge >= 0.3 is 6.09 Å². The number of fused-ring (bicyclic) bond motifs is 2. The molecule has 0 saturated heterocycles. The highest BCUT2D eigenvalue weighted by atomic mass is 19.1. The molecule has 3 rings (SSSR count). The van der Waals surface area contributed by atoms with E-state index in [0.717, 1.165) is 0 Å². The van der Waals surface area contributed by atoms with Crippen molar-refractivity contribution in [3.8, 4) is 0 Å². The molecule has 1 heterocycles. The summed E-state index contributed by atoms with van der Waals surface area (Å²) >= 11 is 0. The number of allylic oxidation sites excluding steroid dienone is 4. The van der Waals surface area contributed by atoms with Crippen molar-refractivity contribution in [1.29, 1.82) is 0 Å². The van der Waals surface area contributed by atoms with Crippen molar-refractivity contribution in [2.24, 2.45) is 17.6 Å². The third-order valence-electron chi connectivity index (χ3n) is 8.94. The fraction of sp³-hybridized carbons (Fsp3) is 0.474. The molecule has 0 radical (unpaired) electrons. The molecule has 0 saturated carbocycles. The second-order valence-corrected chi connectivity index (χ2v) is 13.3. The fourth-order valence-electron chi connectivity index (χ4n) is 6.15. The van der Waals surface area contributed by atoms with Gasteiger partial charge in [-0.05, 0) is 70.0 Å². The number of hydrogen-bond donors (Lipinski definition) is 4. The maximum Gasteiger partial charge on any atom is 0.405 e. The first kappa shape index (κ1) is 41.0. The van der Waals surface area contributed by atoms with Crippen LogP contribution in [0.25, 0.3) is 5.57 Å². The summed E-state index contributed by atoms with van der Waals surface area (Å²) in [5, 5.41) is 17.3. The Morgan fingerprint density at radius 2 is 1.75 bits per heavy atom. The van der Waals surface area contributed by atoms with Gasteiger partial charge in [0.1, 0.15) is 17.6 Å². The number of Topliss-reactive ketones (excluding diaryl/α,β-unsaturated/α-hetero) is 2. The van der Waals surface area contributed by atoms with Gasteiger partial charge in [0.2, 0.25) is 11.6 Å². The minimum Gasteiger partial charge on any atom is -0.439 e. The average Bonchev–Trinajstić information content (AvgIpc) is 3.07. The molecule has 0 aromatic heterocycles. The standard InChI is InChI=1S/C38H51FN4O8/c1-21-18-27-31(41-16-17-43(5)6)35(46)30(25-12-14-26(39)15-13-25)32(34(27)45)42-37(47)22(2)10-9-11-28(49-7)36(51-38(40)48)24(4)20-23(3)33(44)29(19-21)50-8/h9-15,20-21,23,28-29,33,36,41,44H,16-19H2,1-8H3,(H2,40,48)(H,42,47). The lowest BCUT2D eigenvalue weighted by atomic mass is 9.81. The van der Waals surface area contributed by atoms with E-state index in [1.54, 1.807) is 26.0 Å². The van der Waals surface area contributed by atoms with Crippen molar-refractivity contribution in [2.75, 3.05) is 41.4 Å². The summed E-state index contributed by atoms with van der Waals surface area (Å²) in [6.45, 7) is 7.83. The van der Waals surface area contributed by atoms with Gasteiger partial charge in [0.25, 0.3) is 5.91 Å². The van der Waals surface area contributed by atoms with Gasteiger partial charge in [-0.1, -0.05) is 50.3 Å². The molecule has 12 nitrogen and oxygen atoms in total. The third kappa shape index (κ3) is 10.8. The fourth-order valence-corrected chi connectivity index (χ4v) is 6.15. The summed E-state index contributed by atoms with van der Waals surface area (Å²) in [6.07, 6.45) is 2.23. The summed E-state index contributed by atoms with van der Waals surface area (Å²) in [4.78, 5) is 56.3. The quantitative estimate of drug-likeness (QED) is 0.231. The molecule has 1 aliphatic carbocycles. The molecule has 278 valence electrons. The maximum absolute atomic E-state index is 14.5. The van der Waals surface area contributed by atoms with Crippen molar-refractivity contribution in [3.05, 3.63) is 88.1 Å². The van der Waals surface area contributed by atoms with E-state index >= 15 is 0 Å². The predicted molar refractivity (Wildman–Crippen MR) is 191 cm³/mol. The molecule has 6 unspecified atom stereocenters. The van der Waals surface area contributed by atoms with Crippen LogP contribution in [0, 0.1) is 17.7 Å². The van der Waals surface area contributed by atoms with Crippen LogP contribution in [0.15, 0.2) is 76.7 Å². The van der Waals surface area contributed by atoms with Crippen molar-refractivity contribution >= 4 is 29.1 Å². The highest BCUT2D eigenvalue weighted by Crippen LogP contribution is 2.34. The van der Waals surface area contributed by atoms with E-state index in [2.05, 4.69) is 10.6 Å². The van der Waals surface area contributed by atoms with E-state index in [9.17, 15) is 28.7 Å². The van der Waals surface area contributed by atoms with Crippen molar-refractivity contribution < 1.29 is 42.9 Å². The molecule has 1 aliphatic heterocycles. The largest absolute Gasteiger partial charge is 0.439 e. The predicted octanol–water partition coefficient (Wildman–Crippen LogP) is 3.58. The number of ketones is 2. The summed E-state index contributed by atoms with van der Waals surface area (Å²) in [7, 11) is 6.66. The van der Waals surface area contributed by atoms with Crippen LogP contribution >= 0.6 is 0 Å². The van der Waals surface area contributed by atoms with E-state index in [-0.39, 0.29) is 46.0 Å². The summed E-state index contributed by atoms with van der Waals surface area (Å²) < 4.78 is 30.8. The monoisotopic (exact) mass is 710 g/mol. The SMILES string of the molecule is COC1C=CC=C(C)C(=O)NC2=C(c3ccc(F)cc3)C(=O)C(NCCN(C)C)=C(CC(C)CC(OC)C(O)C(C)C=C(C)C1OC(N)=O)C2=O. The van der Waals surface area contributed by atoms with Crippen molar-refractivity contribution in [1.82, 2.24) is 15.5 Å². The molecule has 2 aliphatic rings. The number of hydrogen-bond acceptors (Lipinski definition) is 10. The number of ether oxygens (including phenoxy) is 3. The first-order valence-corrected chi connectivity index (χ1v) is 16.8. The van der Waals surface area contributed by atoms with E-state index in [1.165, 1.54) is 57.6 Å². The molecule has 0 fully saturated rings. The van der Waals surface area contributed by atoms with E-state index in [4.69, 9.17) is 19.9 Å². The minimum atomic E-state index is -1.02. The molecule has 2 amide bonds. The molecule has 0 spiro atoms. The first-order valence-electron chi connectivity index (χ1n) is 16.8. The lowest BCUT2D eigenvalue weighted by Gasteiger charge is -2.30. The smallest absolute Gasteiger partial charge is 0.405 e. The van der Waals surface area contributed by atoms with Gasteiger partial charge in [0.05, 0.1) is 23.5 Å². The number of likely N-dealkylation sites (N-methyl/N-ethyl adjacent to an activating group) is 1. The first-order chi connectivity index (χ1) is 24.1. The number of benzene rings is 1. The number of carbonyl (C=O) groups excluding carboxylic acids is 4. The van der Waals surface area contributed by atoms with Gasteiger partial charge in [-0.3, -0.25) is 14.4 Å². The molecule has 51 heavy (non-hydrogen) atoms. The summed E-state index contributed by atoms with van der Waals surface area (Å²) in [5.41, 5.74) is 6.37. The Morgan fingerprint density at radius 1 is 1.08 bits per heavy atom. The molecule has 1 aromatic carbocycles. The van der Waals surface area contributed by atoms with Gasteiger partial charge in [0.15, 0.2) is 6.10 Å². The van der Waals surface area contributed by atoms with Crippen LogP contribution < -0.4 is 16.4 Å². The van der Waals surface area contributed by atoms with Gasteiger partial charge < -0.3 is 40.6 Å². The van der Waals surface area contributed by atoms with Crippen LogP contribution in [-0.4, -0.2) is 99.4 Å². The number of methoxy groups -OCH3 is 2. The van der Waals surface area contributed by atoms with Crippen molar-refractivity contribution in [3.63, 3.8) is 0 Å². The number of nitrogens with zero attached hydrogens (tertiary/aromatic N) is 1. The normalized spacial score (nSPS) is 25.8. The van der Waals surface area contributed by atoms with Gasteiger partial charge in [-0.25, -0.2) is 9.18 Å². The number of amides is 2. The van der Waals surface area contributed by atoms with E-state index in [0.29, 0.717) is 25.1 Å². The summed E-state index contributed by atoms with van der Waals surface area (Å²) in [6, 6.07) is 5.13. The second kappa shape index (κ2) is 18.7. The molecular weight excluding hydrogens is 659 g/mol. The van der Waals surface area contributed by atoms with Crippen LogP contribution in [0.5, 0.6) is 0 Å². The number of aliphatic hydroxyl groups is 1. The topological polar surface area (TPSA) is 170 Å². The number of halogens is 1. The molecule has 6 atom stereocenters. The highest BCUT2D eigenvalue weighted by molar-refractivity contribution is 6.39. The van der Waals surface area contributed by atoms with Crippen LogP contribution in [0.2, 0.25) is 0 Å². The zero-order valence-electron chi connectivity index (χ0n) is 30.6.